The number of methoxy groups -OCH3 is 1. The summed E-state index contributed by atoms with van der Waals surface area (Å²) in [7, 11) is 1.39. The highest BCUT2D eigenvalue weighted by atomic mass is 16.7. The summed E-state index contributed by atoms with van der Waals surface area (Å²) in [5.41, 5.74) is 3.15. The van der Waals surface area contributed by atoms with Crippen molar-refractivity contribution >= 4 is 5.97 Å². The van der Waals surface area contributed by atoms with E-state index in [-0.39, 0.29) is 19.0 Å². The van der Waals surface area contributed by atoms with Gasteiger partial charge in [0.05, 0.1) is 45.6 Å². The Hall–Kier alpha value is -3.33. The average Bonchev–Trinajstić information content (AvgIpc) is 3.34. The van der Waals surface area contributed by atoms with Crippen molar-refractivity contribution in [3.63, 3.8) is 0 Å². The summed E-state index contributed by atoms with van der Waals surface area (Å²) in [5, 5.41) is 0. The molecule has 0 saturated carbocycles. The molecule has 0 bridgehead atoms. The summed E-state index contributed by atoms with van der Waals surface area (Å²) in [6.45, 7) is 6.11. The van der Waals surface area contributed by atoms with Crippen molar-refractivity contribution in [2.24, 2.45) is 5.41 Å². The molecule has 216 valence electrons. The van der Waals surface area contributed by atoms with Crippen LogP contribution in [-0.4, -0.2) is 50.9 Å². The topological polar surface area (TPSA) is 72.5 Å². The van der Waals surface area contributed by atoms with Gasteiger partial charge in [-0.05, 0) is 28.7 Å². The van der Waals surface area contributed by atoms with Gasteiger partial charge in [0.25, 0.3) is 0 Å². The van der Waals surface area contributed by atoms with E-state index in [9.17, 15) is 4.79 Å². The first-order valence-electron chi connectivity index (χ1n) is 14.0. The molecule has 5 rings (SSSR count). The number of benzene rings is 3. The van der Waals surface area contributed by atoms with Gasteiger partial charge in [0.2, 0.25) is 0 Å². The SMILES string of the molecule is C=C1CO[C@H]2O[C@H](COCc3ccccc3)[C@H](OCc3ccccc3)[C@H](OCc3ccccc3)[C@@]12CCC(=O)OC. The lowest BCUT2D eigenvalue weighted by Gasteiger charge is -2.51. The van der Waals surface area contributed by atoms with Crippen LogP contribution in [0.2, 0.25) is 0 Å². The van der Waals surface area contributed by atoms with Gasteiger partial charge in [-0.2, -0.15) is 0 Å². The molecular formula is C34H38O7. The zero-order valence-electron chi connectivity index (χ0n) is 23.5. The van der Waals surface area contributed by atoms with Crippen molar-refractivity contribution in [3.8, 4) is 0 Å². The average molecular weight is 559 g/mol. The molecule has 2 aliphatic heterocycles. The largest absolute Gasteiger partial charge is 0.469 e. The number of hydrogen-bond acceptors (Lipinski definition) is 7. The molecule has 0 spiro atoms. The third-order valence-corrected chi connectivity index (χ3v) is 7.88. The first-order valence-corrected chi connectivity index (χ1v) is 14.0. The standard InChI is InChI=1S/C34H38O7/c1-25-20-40-33-34(25,19-18-30(35)36-2)32(39-23-28-16-10-5-11-17-28)31(38-22-27-14-8-4-9-15-27)29(41-33)24-37-21-26-12-6-3-7-13-26/h3-17,29,31-33H,1,18-24H2,2H3/t29-,31+,32+,33+,34-/m1/s1. The van der Waals surface area contributed by atoms with Crippen molar-refractivity contribution in [1.29, 1.82) is 0 Å². The van der Waals surface area contributed by atoms with E-state index >= 15 is 0 Å². The van der Waals surface area contributed by atoms with Gasteiger partial charge >= 0.3 is 5.97 Å². The summed E-state index contributed by atoms with van der Waals surface area (Å²) in [5.74, 6) is -0.310. The molecule has 0 aliphatic carbocycles. The van der Waals surface area contributed by atoms with Crippen molar-refractivity contribution < 1.29 is 33.2 Å². The van der Waals surface area contributed by atoms with Gasteiger partial charge in [0.1, 0.15) is 18.3 Å². The van der Waals surface area contributed by atoms with Crippen LogP contribution >= 0.6 is 0 Å². The third-order valence-electron chi connectivity index (χ3n) is 7.88. The van der Waals surface area contributed by atoms with Crippen LogP contribution in [0.15, 0.2) is 103 Å². The van der Waals surface area contributed by atoms with Crippen LogP contribution in [0.1, 0.15) is 29.5 Å². The molecule has 2 saturated heterocycles. The van der Waals surface area contributed by atoms with Crippen molar-refractivity contribution in [3.05, 3.63) is 120 Å². The molecule has 3 aromatic rings. The minimum Gasteiger partial charge on any atom is -0.469 e. The summed E-state index contributed by atoms with van der Waals surface area (Å²) in [6.07, 6.45) is -1.62. The zero-order valence-corrected chi connectivity index (χ0v) is 23.5. The molecule has 3 aromatic carbocycles. The molecule has 41 heavy (non-hydrogen) atoms. The highest BCUT2D eigenvalue weighted by molar-refractivity contribution is 5.69. The normalized spacial score (nSPS) is 25.5. The first kappa shape index (κ1) is 29.2. The number of esters is 1. The number of carbonyl (C=O) groups is 1. The Morgan fingerprint density at radius 1 is 0.854 bits per heavy atom. The fraction of sp³-hybridized carbons (Fsp3) is 0.382. The second kappa shape index (κ2) is 14.0. The number of rotatable bonds is 13. The zero-order chi connectivity index (χ0) is 28.5. The van der Waals surface area contributed by atoms with E-state index in [1.165, 1.54) is 7.11 Å². The molecular weight excluding hydrogens is 520 g/mol. The van der Waals surface area contributed by atoms with E-state index in [1.54, 1.807) is 0 Å². The van der Waals surface area contributed by atoms with Crippen LogP contribution in [0.25, 0.3) is 0 Å². The Kier molecular flexibility index (Phi) is 9.98. The Labute approximate surface area is 242 Å². The number of ether oxygens (including phenoxy) is 6. The second-order valence-electron chi connectivity index (χ2n) is 10.5. The highest BCUT2D eigenvalue weighted by Crippen LogP contribution is 2.53. The molecule has 2 heterocycles. The predicted molar refractivity (Wildman–Crippen MR) is 154 cm³/mol. The Morgan fingerprint density at radius 2 is 1.41 bits per heavy atom. The van der Waals surface area contributed by atoms with Crippen molar-refractivity contribution in [1.82, 2.24) is 0 Å². The van der Waals surface area contributed by atoms with E-state index < -0.39 is 30.0 Å². The van der Waals surface area contributed by atoms with Crippen LogP contribution in [0.5, 0.6) is 0 Å². The van der Waals surface area contributed by atoms with E-state index in [0.29, 0.717) is 32.8 Å². The first-order chi connectivity index (χ1) is 20.1. The van der Waals surface area contributed by atoms with E-state index in [2.05, 4.69) is 6.58 Å². The molecule has 0 unspecified atom stereocenters. The van der Waals surface area contributed by atoms with Crippen LogP contribution in [0, 0.1) is 5.41 Å². The molecule has 2 aliphatic rings. The molecule has 0 aromatic heterocycles. The summed E-state index contributed by atoms with van der Waals surface area (Å²) >= 11 is 0. The van der Waals surface area contributed by atoms with Gasteiger partial charge in [-0.25, -0.2) is 0 Å². The number of carbonyl (C=O) groups excluding carboxylic acids is 1. The minimum atomic E-state index is -0.805. The summed E-state index contributed by atoms with van der Waals surface area (Å²) < 4.78 is 37.3. The second-order valence-corrected chi connectivity index (χ2v) is 10.5. The van der Waals surface area contributed by atoms with Gasteiger partial charge < -0.3 is 28.4 Å². The lowest BCUT2D eigenvalue weighted by molar-refractivity contribution is -0.309. The molecule has 0 radical (unpaired) electrons. The molecule has 2 fully saturated rings. The fourth-order valence-electron chi connectivity index (χ4n) is 5.66. The van der Waals surface area contributed by atoms with E-state index in [1.807, 2.05) is 91.0 Å². The van der Waals surface area contributed by atoms with Crippen molar-refractivity contribution in [2.75, 3.05) is 20.3 Å². The molecule has 0 N–H and O–H groups in total. The maximum atomic E-state index is 12.3. The van der Waals surface area contributed by atoms with Crippen LogP contribution in [0.4, 0.5) is 0 Å². The van der Waals surface area contributed by atoms with Gasteiger partial charge in [-0.1, -0.05) is 97.6 Å². The fourth-order valence-corrected chi connectivity index (χ4v) is 5.66. The molecule has 7 nitrogen and oxygen atoms in total. The smallest absolute Gasteiger partial charge is 0.305 e. The highest BCUT2D eigenvalue weighted by Gasteiger charge is 2.62. The monoisotopic (exact) mass is 558 g/mol. The molecule has 0 amide bonds. The van der Waals surface area contributed by atoms with Gasteiger partial charge in [-0.3, -0.25) is 4.79 Å². The Morgan fingerprint density at radius 3 is 2.00 bits per heavy atom. The predicted octanol–water partition coefficient (Wildman–Crippen LogP) is 5.62. The van der Waals surface area contributed by atoms with Crippen LogP contribution in [0.3, 0.4) is 0 Å². The molecule has 5 atom stereocenters. The Balaban J connectivity index is 1.45. The van der Waals surface area contributed by atoms with Gasteiger partial charge in [-0.15, -0.1) is 0 Å². The number of fused-ring (bicyclic) bond motifs is 1. The van der Waals surface area contributed by atoms with E-state index in [0.717, 1.165) is 22.3 Å². The maximum Gasteiger partial charge on any atom is 0.305 e. The quantitative estimate of drug-likeness (QED) is 0.199. The summed E-state index contributed by atoms with van der Waals surface area (Å²) in [6, 6.07) is 30.0. The summed E-state index contributed by atoms with van der Waals surface area (Å²) in [4.78, 5) is 12.3. The maximum absolute atomic E-state index is 12.3. The minimum absolute atomic E-state index is 0.171. The third kappa shape index (κ3) is 6.94. The lowest BCUT2D eigenvalue weighted by atomic mass is 9.69. The van der Waals surface area contributed by atoms with Crippen LogP contribution in [-0.2, 0) is 53.0 Å². The number of hydrogen-bond donors (Lipinski definition) is 0. The van der Waals surface area contributed by atoms with Crippen LogP contribution < -0.4 is 0 Å². The molecule has 7 heteroatoms. The van der Waals surface area contributed by atoms with Gasteiger partial charge in [0, 0.05) is 6.42 Å². The van der Waals surface area contributed by atoms with Gasteiger partial charge in [0.15, 0.2) is 6.29 Å². The lowest BCUT2D eigenvalue weighted by Crippen LogP contribution is -2.63. The Bertz CT molecular complexity index is 1250. The van der Waals surface area contributed by atoms with E-state index in [4.69, 9.17) is 28.4 Å². The van der Waals surface area contributed by atoms with Crippen molar-refractivity contribution in [2.45, 2.75) is 57.3 Å².